The van der Waals surface area contributed by atoms with E-state index in [1.54, 1.807) is 0 Å². The van der Waals surface area contributed by atoms with Gasteiger partial charge in [-0.1, -0.05) is 0 Å². The van der Waals surface area contributed by atoms with Gasteiger partial charge in [-0.25, -0.2) is 19.3 Å². The van der Waals surface area contributed by atoms with E-state index in [1.807, 2.05) is 0 Å². The van der Waals surface area contributed by atoms with Crippen LogP contribution in [-0.4, -0.2) is 68.2 Å². The fourth-order valence-electron chi connectivity index (χ4n) is 2.64. The Bertz CT molecular complexity index is 911. The number of aromatic nitrogens is 4. The molecule has 3 heterocycles. The molecule has 12 nitrogen and oxygen atoms in total. The van der Waals surface area contributed by atoms with E-state index in [1.165, 1.54) is 23.4 Å². The summed E-state index contributed by atoms with van der Waals surface area (Å²) in [4.78, 5) is 20.8. The minimum atomic E-state index is -4.29. The Balaban J connectivity index is 1.82. The molecule has 0 spiro atoms. The molecular formula is C11H15FN5O7PS. The fraction of sp³-hybridized carbons (Fsp3) is 0.545. The van der Waals surface area contributed by atoms with Gasteiger partial charge in [0.25, 0.3) is 10.1 Å². The fourth-order valence-corrected chi connectivity index (χ4v) is 3.53. The molecule has 2 aromatic heterocycles. The quantitative estimate of drug-likeness (QED) is 0.388. The third kappa shape index (κ3) is 4.23. The van der Waals surface area contributed by atoms with E-state index in [4.69, 9.17) is 18.7 Å². The number of imidazole rings is 1. The molecule has 5 atom stereocenters. The van der Waals surface area contributed by atoms with Gasteiger partial charge in [-0.15, -0.1) is 0 Å². The van der Waals surface area contributed by atoms with Crippen molar-refractivity contribution in [3.05, 3.63) is 18.9 Å². The summed E-state index contributed by atoms with van der Waals surface area (Å²) in [6.45, 7) is -0.252. The molecule has 15 heteroatoms. The summed E-state index contributed by atoms with van der Waals surface area (Å²) in [5.74, 6) is -0.795. The second kappa shape index (κ2) is 7.60. The minimum absolute atomic E-state index is 0.252. The first-order chi connectivity index (χ1) is 12.3. The van der Waals surface area contributed by atoms with Crippen molar-refractivity contribution >= 4 is 29.5 Å². The first-order valence-corrected chi connectivity index (χ1v) is 10.1. The molecule has 0 radical (unpaired) electrons. The zero-order valence-electron chi connectivity index (χ0n) is 13.0. The number of hydrogen-bond donors (Lipinski definition) is 3. The summed E-state index contributed by atoms with van der Waals surface area (Å²) in [5, 5.41) is 2.36. The van der Waals surface area contributed by atoms with E-state index in [0.29, 0.717) is 5.52 Å². The molecule has 0 bridgehead atoms. The van der Waals surface area contributed by atoms with E-state index < -0.39 is 48.9 Å². The number of nitrogens with zero attached hydrogens (tertiary/aromatic N) is 4. The van der Waals surface area contributed by atoms with Gasteiger partial charge >= 0.3 is 8.25 Å². The average molecular weight is 411 g/mol. The Kier molecular flexibility index (Phi) is 5.62. The van der Waals surface area contributed by atoms with Crippen LogP contribution in [0.25, 0.3) is 11.2 Å². The SMILES string of the molecule is O=[PH](O)O[C@H]1[C@@H](F)[C@H](n2cnc3cncnc32)O[C@@H]1CNCS(=O)(=O)O. The first kappa shape index (κ1) is 19.2. The van der Waals surface area contributed by atoms with Crippen LogP contribution in [0.1, 0.15) is 6.23 Å². The van der Waals surface area contributed by atoms with E-state index in [9.17, 15) is 17.4 Å². The van der Waals surface area contributed by atoms with Crippen LogP contribution < -0.4 is 5.32 Å². The number of hydrogen-bond acceptors (Lipinski definition) is 9. The highest BCUT2D eigenvalue weighted by Gasteiger charge is 2.48. The topological polar surface area (TPSA) is 166 Å². The van der Waals surface area contributed by atoms with E-state index in [2.05, 4.69) is 20.3 Å². The van der Waals surface area contributed by atoms with Crippen LogP contribution in [0.5, 0.6) is 0 Å². The normalized spacial score (nSPS) is 27.8. The number of alkyl halides is 1. The highest BCUT2D eigenvalue weighted by atomic mass is 32.2. The van der Waals surface area contributed by atoms with Gasteiger partial charge in [0.2, 0.25) is 0 Å². The Morgan fingerprint density at radius 1 is 1.46 bits per heavy atom. The van der Waals surface area contributed by atoms with Crippen molar-refractivity contribution in [3.63, 3.8) is 0 Å². The zero-order chi connectivity index (χ0) is 18.9. The predicted octanol–water partition coefficient (Wildman–Crippen LogP) is -0.736. The van der Waals surface area contributed by atoms with Crippen LogP contribution in [0, 0.1) is 0 Å². The van der Waals surface area contributed by atoms with Crippen LogP contribution in [0.15, 0.2) is 18.9 Å². The molecule has 3 N–H and O–H groups in total. The lowest BCUT2D eigenvalue weighted by Crippen LogP contribution is -2.39. The van der Waals surface area contributed by atoms with Crippen molar-refractivity contribution < 1.29 is 36.1 Å². The monoisotopic (exact) mass is 411 g/mol. The van der Waals surface area contributed by atoms with Crippen molar-refractivity contribution in [1.29, 1.82) is 0 Å². The second-order valence-electron chi connectivity index (χ2n) is 5.42. The number of fused-ring (bicyclic) bond motifs is 1. The third-order valence-corrected chi connectivity index (χ3v) is 4.69. The summed E-state index contributed by atoms with van der Waals surface area (Å²) in [6.07, 6.45) is -1.72. The van der Waals surface area contributed by atoms with E-state index in [0.717, 1.165) is 0 Å². The van der Waals surface area contributed by atoms with E-state index >= 15 is 0 Å². The molecule has 144 valence electrons. The second-order valence-corrected chi connectivity index (χ2v) is 7.64. The maximum absolute atomic E-state index is 14.8. The van der Waals surface area contributed by atoms with Crippen LogP contribution in [0.3, 0.4) is 0 Å². The highest BCUT2D eigenvalue weighted by Crippen LogP contribution is 2.38. The van der Waals surface area contributed by atoms with Gasteiger partial charge < -0.3 is 14.2 Å². The molecule has 2 aromatic rings. The van der Waals surface area contributed by atoms with Crippen molar-refractivity contribution in [1.82, 2.24) is 24.8 Å². The van der Waals surface area contributed by atoms with Crippen LogP contribution >= 0.6 is 8.25 Å². The van der Waals surface area contributed by atoms with Gasteiger partial charge in [0.1, 0.15) is 29.9 Å². The third-order valence-electron chi connectivity index (χ3n) is 3.65. The van der Waals surface area contributed by atoms with Crippen LogP contribution in [-0.2, 0) is 23.9 Å². The van der Waals surface area contributed by atoms with Gasteiger partial charge in [0.15, 0.2) is 18.0 Å². The van der Waals surface area contributed by atoms with Crippen molar-refractivity contribution in [2.75, 3.05) is 12.4 Å². The lowest BCUT2D eigenvalue weighted by Gasteiger charge is -2.18. The highest BCUT2D eigenvalue weighted by molar-refractivity contribution is 7.85. The molecule has 1 aliphatic heterocycles. The summed E-state index contributed by atoms with van der Waals surface area (Å²) in [7, 11) is -7.78. The molecule has 1 unspecified atom stereocenters. The summed E-state index contributed by atoms with van der Waals surface area (Å²) >= 11 is 0. The molecular weight excluding hydrogens is 396 g/mol. The minimum Gasteiger partial charge on any atom is -0.347 e. The van der Waals surface area contributed by atoms with Crippen LogP contribution in [0.2, 0.25) is 0 Å². The Labute approximate surface area is 147 Å². The maximum atomic E-state index is 14.8. The Morgan fingerprint density at radius 3 is 2.92 bits per heavy atom. The smallest absolute Gasteiger partial charge is 0.317 e. The molecule has 1 fully saturated rings. The number of halogens is 1. The van der Waals surface area contributed by atoms with Gasteiger partial charge in [-0.2, -0.15) is 8.42 Å². The summed E-state index contributed by atoms with van der Waals surface area (Å²) in [5.41, 5.74) is 0.680. The van der Waals surface area contributed by atoms with Crippen LogP contribution in [0.4, 0.5) is 4.39 Å². The Hall–Kier alpha value is -1.54. The molecule has 0 aliphatic carbocycles. The van der Waals surface area contributed by atoms with Gasteiger partial charge in [-0.05, 0) is 0 Å². The molecule has 1 saturated heterocycles. The molecule has 0 saturated carbocycles. The molecule has 26 heavy (non-hydrogen) atoms. The maximum Gasteiger partial charge on any atom is 0.317 e. The van der Waals surface area contributed by atoms with Crippen molar-refractivity contribution in [3.8, 4) is 0 Å². The van der Waals surface area contributed by atoms with E-state index in [-0.39, 0.29) is 12.2 Å². The lowest BCUT2D eigenvalue weighted by molar-refractivity contribution is -0.0196. The molecule has 3 rings (SSSR count). The number of nitrogens with one attached hydrogen (secondary N) is 1. The predicted molar refractivity (Wildman–Crippen MR) is 84.6 cm³/mol. The average Bonchev–Trinajstić information content (AvgIpc) is 3.09. The first-order valence-electron chi connectivity index (χ1n) is 7.24. The zero-order valence-corrected chi connectivity index (χ0v) is 14.8. The number of ether oxygens (including phenoxy) is 1. The van der Waals surface area contributed by atoms with Gasteiger partial charge in [0, 0.05) is 6.54 Å². The summed E-state index contributed by atoms with van der Waals surface area (Å²) < 4.78 is 67.7. The van der Waals surface area contributed by atoms with Gasteiger partial charge in [0.05, 0.1) is 12.5 Å². The molecule has 0 amide bonds. The molecule has 1 aliphatic rings. The van der Waals surface area contributed by atoms with Crippen molar-refractivity contribution in [2.45, 2.75) is 24.6 Å². The largest absolute Gasteiger partial charge is 0.347 e. The summed E-state index contributed by atoms with van der Waals surface area (Å²) in [6, 6.07) is 0. The lowest BCUT2D eigenvalue weighted by atomic mass is 10.1. The standard InChI is InChI=1S/C11H15FN5O7PS/c12-8-9(24-25(18)19)7(2-14-5-26(20,21)22)23-11(8)17-4-16-6-1-13-3-15-10(6)17/h1,3-4,7-9,11,14,25H,2,5H2,(H,18,19)(H,20,21,22)/t7-,8-,9-,11-/m1/s1. The van der Waals surface area contributed by atoms with Gasteiger partial charge in [-0.3, -0.25) is 19.0 Å². The number of rotatable bonds is 7. The Morgan fingerprint density at radius 2 is 2.23 bits per heavy atom. The molecule has 0 aromatic carbocycles. The van der Waals surface area contributed by atoms with Crippen molar-refractivity contribution in [2.24, 2.45) is 0 Å².